The molecule has 2 rings (SSSR count). The molecule has 5 nitrogen and oxygen atoms in total. The molecule has 2 N–H and O–H groups in total. The maximum atomic E-state index is 12.4. The Morgan fingerprint density at radius 3 is 2.38 bits per heavy atom. The van der Waals surface area contributed by atoms with Gasteiger partial charge in [-0.05, 0) is 50.2 Å². The maximum Gasteiger partial charge on any atom is 0.220 e. The molecular formula is C20H26N2O3S. The van der Waals surface area contributed by atoms with Gasteiger partial charge in [0.1, 0.15) is 0 Å². The zero-order valence-electron chi connectivity index (χ0n) is 15.5. The molecule has 26 heavy (non-hydrogen) atoms. The molecule has 0 aliphatic carbocycles. The third kappa shape index (κ3) is 5.68. The second kappa shape index (κ2) is 8.96. The van der Waals surface area contributed by atoms with Crippen molar-refractivity contribution in [2.24, 2.45) is 0 Å². The van der Waals surface area contributed by atoms with Crippen LogP contribution in [0.1, 0.15) is 35.6 Å². The number of carbonyl (C=O) groups excluding carboxylic acids is 1. The molecule has 0 heterocycles. The van der Waals surface area contributed by atoms with Crippen molar-refractivity contribution >= 4 is 15.7 Å². The van der Waals surface area contributed by atoms with Crippen LogP contribution in [0.5, 0.6) is 0 Å². The van der Waals surface area contributed by atoms with E-state index in [-0.39, 0.29) is 16.8 Å². The van der Waals surface area contributed by atoms with Gasteiger partial charge in [0.05, 0.1) is 10.9 Å². The Bertz CT molecular complexity index is 846. The largest absolute Gasteiger partial charge is 0.345 e. The number of sulfone groups is 1. The minimum absolute atomic E-state index is 0.0596. The molecule has 2 aromatic carbocycles. The van der Waals surface area contributed by atoms with Gasteiger partial charge in [-0.25, -0.2) is 8.42 Å². The summed E-state index contributed by atoms with van der Waals surface area (Å²) in [6, 6.07) is 14.2. The highest BCUT2D eigenvalue weighted by atomic mass is 32.2. The minimum atomic E-state index is -3.31. The summed E-state index contributed by atoms with van der Waals surface area (Å²) in [5.74, 6) is -0.0596. The van der Waals surface area contributed by atoms with Crippen molar-refractivity contribution in [3.8, 4) is 0 Å². The quantitative estimate of drug-likeness (QED) is 0.697. The normalized spacial score (nSPS) is 12.6. The fourth-order valence-electron chi connectivity index (χ4n) is 2.70. The third-order valence-electron chi connectivity index (χ3n) is 4.17. The minimum Gasteiger partial charge on any atom is -0.345 e. The molecule has 6 heteroatoms. The van der Waals surface area contributed by atoms with Crippen LogP contribution in [0.4, 0.5) is 0 Å². The lowest BCUT2D eigenvalue weighted by Crippen LogP contribution is -2.29. The fraction of sp³-hybridized carbons (Fsp3) is 0.350. The molecule has 1 amide bonds. The summed E-state index contributed by atoms with van der Waals surface area (Å²) in [4.78, 5) is 12.6. The zero-order valence-corrected chi connectivity index (χ0v) is 16.3. The van der Waals surface area contributed by atoms with Gasteiger partial charge in [0, 0.05) is 12.7 Å². The molecule has 0 saturated carbocycles. The molecule has 0 aromatic heterocycles. The van der Waals surface area contributed by atoms with E-state index in [4.69, 9.17) is 0 Å². The first kappa shape index (κ1) is 20.1. The van der Waals surface area contributed by atoms with Crippen LogP contribution in [0, 0.1) is 6.92 Å². The molecule has 1 atom stereocenters. The molecule has 0 aliphatic rings. The van der Waals surface area contributed by atoms with Crippen molar-refractivity contribution in [2.45, 2.75) is 30.7 Å². The zero-order chi connectivity index (χ0) is 19.2. The van der Waals surface area contributed by atoms with Gasteiger partial charge in [-0.2, -0.15) is 0 Å². The number of benzene rings is 2. The van der Waals surface area contributed by atoms with Gasteiger partial charge in [-0.3, -0.25) is 4.79 Å². The summed E-state index contributed by atoms with van der Waals surface area (Å²) >= 11 is 0. The predicted molar refractivity (Wildman–Crippen MR) is 104 cm³/mol. The Labute approximate surface area is 155 Å². The van der Waals surface area contributed by atoms with Crippen molar-refractivity contribution in [3.05, 3.63) is 65.2 Å². The van der Waals surface area contributed by atoms with E-state index >= 15 is 0 Å². The molecule has 0 aliphatic heterocycles. The summed E-state index contributed by atoms with van der Waals surface area (Å²) in [6.45, 7) is 2.77. The van der Waals surface area contributed by atoms with Gasteiger partial charge in [-0.1, -0.05) is 42.0 Å². The van der Waals surface area contributed by atoms with Gasteiger partial charge >= 0.3 is 0 Å². The lowest BCUT2D eigenvalue weighted by Gasteiger charge is -2.21. The number of hydrogen-bond acceptors (Lipinski definition) is 4. The number of aryl methyl sites for hydroxylation is 1. The lowest BCUT2D eigenvalue weighted by molar-refractivity contribution is -0.121. The SMILES string of the molecule is CNCCCC(=O)NC(c1ccc(C)cc1)c1cccc(S(C)(=O)=O)c1. The summed E-state index contributed by atoms with van der Waals surface area (Å²) in [5, 5.41) is 6.07. The van der Waals surface area contributed by atoms with Crippen LogP contribution in [0.3, 0.4) is 0 Å². The van der Waals surface area contributed by atoms with Crippen LogP contribution in [0.2, 0.25) is 0 Å². The first-order valence-corrected chi connectivity index (χ1v) is 10.5. The average Bonchev–Trinajstić information content (AvgIpc) is 2.60. The van der Waals surface area contributed by atoms with Gasteiger partial charge in [0.25, 0.3) is 0 Å². The molecule has 0 saturated heterocycles. The van der Waals surface area contributed by atoms with E-state index in [1.807, 2.05) is 44.3 Å². The number of carbonyl (C=O) groups is 1. The topological polar surface area (TPSA) is 75.3 Å². The van der Waals surface area contributed by atoms with Crippen molar-refractivity contribution < 1.29 is 13.2 Å². The second-order valence-corrected chi connectivity index (χ2v) is 8.48. The molecule has 2 aromatic rings. The van der Waals surface area contributed by atoms with E-state index in [1.54, 1.807) is 18.2 Å². The first-order chi connectivity index (χ1) is 12.3. The average molecular weight is 375 g/mol. The number of rotatable bonds is 8. The maximum absolute atomic E-state index is 12.4. The Morgan fingerprint density at radius 1 is 1.08 bits per heavy atom. The van der Waals surface area contributed by atoms with E-state index in [0.29, 0.717) is 6.42 Å². The van der Waals surface area contributed by atoms with Crippen molar-refractivity contribution in [2.75, 3.05) is 19.8 Å². The monoisotopic (exact) mass is 374 g/mol. The van der Waals surface area contributed by atoms with E-state index < -0.39 is 9.84 Å². The molecular weight excluding hydrogens is 348 g/mol. The number of amides is 1. The van der Waals surface area contributed by atoms with Crippen LogP contribution >= 0.6 is 0 Å². The molecule has 0 radical (unpaired) electrons. The smallest absolute Gasteiger partial charge is 0.220 e. The van der Waals surface area contributed by atoms with Gasteiger partial charge in [-0.15, -0.1) is 0 Å². The molecule has 140 valence electrons. The molecule has 0 bridgehead atoms. The highest BCUT2D eigenvalue weighted by Crippen LogP contribution is 2.25. The van der Waals surface area contributed by atoms with Crippen molar-refractivity contribution in [1.29, 1.82) is 0 Å². The van der Waals surface area contributed by atoms with E-state index in [2.05, 4.69) is 10.6 Å². The van der Waals surface area contributed by atoms with Crippen LogP contribution < -0.4 is 10.6 Å². The summed E-state index contributed by atoms with van der Waals surface area (Å²) in [7, 11) is -1.46. The fourth-order valence-corrected chi connectivity index (χ4v) is 3.38. The van der Waals surface area contributed by atoms with E-state index in [9.17, 15) is 13.2 Å². The highest BCUT2D eigenvalue weighted by molar-refractivity contribution is 7.90. The first-order valence-electron chi connectivity index (χ1n) is 8.62. The van der Waals surface area contributed by atoms with E-state index in [0.717, 1.165) is 29.7 Å². The van der Waals surface area contributed by atoms with E-state index in [1.165, 1.54) is 6.26 Å². The Balaban J connectivity index is 2.34. The Hall–Kier alpha value is -2.18. The van der Waals surface area contributed by atoms with Crippen LogP contribution in [-0.4, -0.2) is 34.2 Å². The highest BCUT2D eigenvalue weighted by Gasteiger charge is 2.18. The second-order valence-electron chi connectivity index (χ2n) is 6.46. The van der Waals surface area contributed by atoms with Gasteiger partial charge in [0.2, 0.25) is 5.91 Å². The Morgan fingerprint density at radius 2 is 1.77 bits per heavy atom. The molecule has 0 fully saturated rings. The van der Waals surface area contributed by atoms with Crippen molar-refractivity contribution in [3.63, 3.8) is 0 Å². The third-order valence-corrected chi connectivity index (χ3v) is 5.28. The van der Waals surface area contributed by atoms with Crippen LogP contribution in [-0.2, 0) is 14.6 Å². The molecule has 1 unspecified atom stereocenters. The van der Waals surface area contributed by atoms with Crippen molar-refractivity contribution in [1.82, 2.24) is 10.6 Å². The van der Waals surface area contributed by atoms with Gasteiger partial charge in [0.15, 0.2) is 9.84 Å². The standard InChI is InChI=1S/C20H26N2O3S/c1-15-9-11-16(12-10-15)20(22-19(23)8-5-13-21-2)17-6-4-7-18(14-17)26(3,24)25/h4,6-7,9-12,14,20-21H,5,8,13H2,1-3H3,(H,22,23). The predicted octanol–water partition coefficient (Wildman–Crippen LogP) is 2.60. The van der Waals surface area contributed by atoms with Crippen LogP contribution in [0.15, 0.2) is 53.4 Å². The summed E-state index contributed by atoms with van der Waals surface area (Å²) in [6.07, 6.45) is 2.34. The number of hydrogen-bond donors (Lipinski definition) is 2. The molecule has 0 spiro atoms. The summed E-state index contributed by atoms with van der Waals surface area (Å²) in [5.41, 5.74) is 2.79. The number of nitrogens with one attached hydrogen (secondary N) is 2. The Kier molecular flexibility index (Phi) is 6.94. The van der Waals surface area contributed by atoms with Crippen LogP contribution in [0.25, 0.3) is 0 Å². The van der Waals surface area contributed by atoms with Gasteiger partial charge < -0.3 is 10.6 Å². The lowest BCUT2D eigenvalue weighted by atomic mass is 9.97. The summed E-state index contributed by atoms with van der Waals surface area (Å²) < 4.78 is 23.8.